The average Bonchev–Trinajstić information content (AvgIpc) is 2.83. The van der Waals surface area contributed by atoms with Crippen LogP contribution in [-0.4, -0.2) is 41.9 Å². The van der Waals surface area contributed by atoms with Gasteiger partial charge < -0.3 is 4.90 Å². The zero-order chi connectivity index (χ0) is 16.8. The maximum absolute atomic E-state index is 12.6. The van der Waals surface area contributed by atoms with Crippen LogP contribution in [0.4, 0.5) is 0 Å². The molecule has 1 aliphatic rings. The van der Waals surface area contributed by atoms with Gasteiger partial charge in [0.05, 0.1) is 6.42 Å². The van der Waals surface area contributed by atoms with Crippen LogP contribution in [-0.2, 0) is 17.8 Å². The molecule has 2 aromatic carbocycles. The van der Waals surface area contributed by atoms with Gasteiger partial charge in [-0.3, -0.25) is 9.69 Å². The third-order valence-corrected chi connectivity index (χ3v) is 4.67. The van der Waals surface area contributed by atoms with Gasteiger partial charge >= 0.3 is 0 Å². The van der Waals surface area contributed by atoms with E-state index in [1.165, 1.54) is 11.1 Å². The largest absolute Gasteiger partial charge is 0.341 e. The molecule has 1 amide bonds. The van der Waals surface area contributed by atoms with Crippen LogP contribution in [0.15, 0.2) is 54.6 Å². The van der Waals surface area contributed by atoms with E-state index in [1.807, 2.05) is 4.90 Å². The molecule has 1 fully saturated rings. The molecule has 1 aliphatic heterocycles. The highest BCUT2D eigenvalue weighted by molar-refractivity contribution is 5.78. The maximum atomic E-state index is 12.6. The first kappa shape index (κ1) is 16.7. The Labute approximate surface area is 144 Å². The fourth-order valence-electron chi connectivity index (χ4n) is 3.21. The summed E-state index contributed by atoms with van der Waals surface area (Å²) in [6.07, 6.45) is 1.56. The highest BCUT2D eigenvalue weighted by Crippen LogP contribution is 2.11. The maximum Gasteiger partial charge on any atom is 0.227 e. The average molecular weight is 322 g/mol. The molecule has 0 radical (unpaired) electrons. The molecule has 1 heterocycles. The molecule has 0 saturated carbocycles. The summed E-state index contributed by atoms with van der Waals surface area (Å²) in [6.45, 7) is 6.76. The Balaban J connectivity index is 1.53. The lowest BCUT2D eigenvalue weighted by molar-refractivity contribution is -0.130. The summed E-state index contributed by atoms with van der Waals surface area (Å²) in [5.74, 6) is 0.250. The number of carbonyl (C=O) groups excluding carboxylic acids is 1. The van der Waals surface area contributed by atoms with Gasteiger partial charge in [0, 0.05) is 32.7 Å². The van der Waals surface area contributed by atoms with Crippen molar-refractivity contribution in [2.24, 2.45) is 0 Å². The smallest absolute Gasteiger partial charge is 0.227 e. The Bertz CT molecular complexity index is 651. The number of hydrogen-bond donors (Lipinski definition) is 0. The van der Waals surface area contributed by atoms with E-state index in [-0.39, 0.29) is 5.91 Å². The first-order chi connectivity index (χ1) is 11.7. The third kappa shape index (κ3) is 4.68. The molecule has 0 spiro atoms. The Morgan fingerprint density at radius 2 is 1.62 bits per heavy atom. The molecule has 3 nitrogen and oxygen atoms in total. The molecule has 3 heteroatoms. The van der Waals surface area contributed by atoms with Crippen LogP contribution in [0.5, 0.6) is 0 Å². The number of carbonyl (C=O) groups is 1. The van der Waals surface area contributed by atoms with Gasteiger partial charge in [-0.1, -0.05) is 60.2 Å². The van der Waals surface area contributed by atoms with Crippen LogP contribution in [0.1, 0.15) is 23.1 Å². The number of amides is 1. The van der Waals surface area contributed by atoms with Crippen molar-refractivity contribution in [2.75, 3.05) is 26.2 Å². The fraction of sp³-hybridized carbons (Fsp3) is 0.381. The highest BCUT2D eigenvalue weighted by atomic mass is 16.2. The van der Waals surface area contributed by atoms with Crippen LogP contribution in [0, 0.1) is 6.92 Å². The lowest BCUT2D eigenvalue weighted by atomic mass is 10.1. The summed E-state index contributed by atoms with van der Waals surface area (Å²) >= 11 is 0. The predicted octanol–water partition coefficient (Wildman–Crippen LogP) is 3.27. The zero-order valence-electron chi connectivity index (χ0n) is 14.4. The van der Waals surface area contributed by atoms with E-state index in [9.17, 15) is 4.79 Å². The van der Waals surface area contributed by atoms with Crippen molar-refractivity contribution in [3.63, 3.8) is 0 Å². The second-order valence-electron chi connectivity index (χ2n) is 6.66. The van der Waals surface area contributed by atoms with Crippen molar-refractivity contribution in [1.82, 2.24) is 9.80 Å². The van der Waals surface area contributed by atoms with Crippen molar-refractivity contribution in [3.05, 3.63) is 71.3 Å². The quantitative estimate of drug-likeness (QED) is 0.862. The van der Waals surface area contributed by atoms with Gasteiger partial charge in [-0.2, -0.15) is 0 Å². The molecule has 24 heavy (non-hydrogen) atoms. The molecular formula is C21H26N2O. The van der Waals surface area contributed by atoms with E-state index in [0.717, 1.165) is 44.7 Å². The van der Waals surface area contributed by atoms with E-state index < -0.39 is 0 Å². The molecule has 0 aromatic heterocycles. The zero-order valence-corrected chi connectivity index (χ0v) is 14.4. The minimum Gasteiger partial charge on any atom is -0.341 e. The highest BCUT2D eigenvalue weighted by Gasteiger charge is 2.19. The lowest BCUT2D eigenvalue weighted by Gasteiger charge is -2.22. The van der Waals surface area contributed by atoms with E-state index in [4.69, 9.17) is 0 Å². The number of benzene rings is 2. The second-order valence-corrected chi connectivity index (χ2v) is 6.66. The number of aryl methyl sites for hydroxylation is 1. The van der Waals surface area contributed by atoms with E-state index in [1.54, 1.807) is 0 Å². The molecular weight excluding hydrogens is 296 g/mol. The van der Waals surface area contributed by atoms with Crippen LogP contribution < -0.4 is 0 Å². The van der Waals surface area contributed by atoms with Gasteiger partial charge in [-0.05, 0) is 24.5 Å². The molecule has 126 valence electrons. The first-order valence-corrected chi connectivity index (χ1v) is 8.80. The van der Waals surface area contributed by atoms with Gasteiger partial charge in [-0.15, -0.1) is 0 Å². The molecule has 3 rings (SSSR count). The van der Waals surface area contributed by atoms with Crippen LogP contribution in [0.25, 0.3) is 0 Å². The van der Waals surface area contributed by atoms with Crippen molar-refractivity contribution in [1.29, 1.82) is 0 Å². The molecule has 1 saturated heterocycles. The van der Waals surface area contributed by atoms with Crippen molar-refractivity contribution >= 4 is 5.91 Å². The van der Waals surface area contributed by atoms with Crippen molar-refractivity contribution < 1.29 is 4.79 Å². The van der Waals surface area contributed by atoms with Crippen molar-refractivity contribution in [2.45, 2.75) is 26.3 Å². The molecule has 0 bridgehead atoms. The monoisotopic (exact) mass is 322 g/mol. The molecule has 0 atom stereocenters. The number of nitrogens with zero attached hydrogens (tertiary/aromatic N) is 2. The summed E-state index contributed by atoms with van der Waals surface area (Å²) in [6, 6.07) is 18.8. The Kier molecular flexibility index (Phi) is 5.65. The SMILES string of the molecule is Cc1ccc(CC(=O)N2CCCN(Cc3ccccc3)CC2)cc1. The van der Waals surface area contributed by atoms with Crippen molar-refractivity contribution in [3.8, 4) is 0 Å². The minimum atomic E-state index is 0.250. The molecule has 0 N–H and O–H groups in total. The summed E-state index contributed by atoms with van der Waals surface area (Å²) < 4.78 is 0. The molecule has 0 aliphatic carbocycles. The minimum absolute atomic E-state index is 0.250. The van der Waals surface area contributed by atoms with Crippen LogP contribution in [0.3, 0.4) is 0 Å². The van der Waals surface area contributed by atoms with Gasteiger partial charge in [0.15, 0.2) is 0 Å². The van der Waals surface area contributed by atoms with Crippen LogP contribution >= 0.6 is 0 Å². The Morgan fingerprint density at radius 1 is 0.875 bits per heavy atom. The lowest BCUT2D eigenvalue weighted by Crippen LogP contribution is -2.36. The summed E-state index contributed by atoms with van der Waals surface area (Å²) in [7, 11) is 0. The number of hydrogen-bond acceptors (Lipinski definition) is 2. The van der Waals surface area contributed by atoms with Gasteiger partial charge in [0.2, 0.25) is 5.91 Å². The Morgan fingerprint density at radius 3 is 2.38 bits per heavy atom. The normalized spacial score (nSPS) is 16.0. The number of rotatable bonds is 4. The summed E-state index contributed by atoms with van der Waals surface area (Å²) in [5, 5.41) is 0. The van der Waals surface area contributed by atoms with Gasteiger partial charge in [0.1, 0.15) is 0 Å². The topological polar surface area (TPSA) is 23.6 Å². The fourth-order valence-corrected chi connectivity index (χ4v) is 3.21. The van der Waals surface area contributed by atoms with Gasteiger partial charge in [-0.25, -0.2) is 0 Å². The van der Waals surface area contributed by atoms with E-state index in [2.05, 4.69) is 66.4 Å². The third-order valence-electron chi connectivity index (χ3n) is 4.67. The van der Waals surface area contributed by atoms with Crippen LogP contribution in [0.2, 0.25) is 0 Å². The molecule has 0 unspecified atom stereocenters. The van der Waals surface area contributed by atoms with E-state index in [0.29, 0.717) is 6.42 Å². The van der Waals surface area contributed by atoms with E-state index >= 15 is 0 Å². The summed E-state index contributed by atoms with van der Waals surface area (Å²) in [5.41, 5.74) is 3.69. The molecule has 2 aromatic rings. The van der Waals surface area contributed by atoms with Gasteiger partial charge in [0.25, 0.3) is 0 Å². The standard InChI is InChI=1S/C21H26N2O/c1-18-8-10-19(11-9-18)16-21(24)23-13-5-12-22(14-15-23)17-20-6-3-2-4-7-20/h2-4,6-11H,5,12-17H2,1H3. The Hall–Kier alpha value is -2.13. The second kappa shape index (κ2) is 8.11. The summed E-state index contributed by atoms with van der Waals surface area (Å²) in [4.78, 5) is 17.1. The first-order valence-electron chi connectivity index (χ1n) is 8.80. The predicted molar refractivity (Wildman–Crippen MR) is 97.8 cm³/mol.